The van der Waals surface area contributed by atoms with Crippen LogP contribution >= 0.6 is 15.9 Å². The van der Waals surface area contributed by atoms with Crippen LogP contribution in [0, 0.1) is 5.41 Å². The van der Waals surface area contributed by atoms with Gasteiger partial charge in [-0.25, -0.2) is 13.1 Å². The Labute approximate surface area is 124 Å². The van der Waals surface area contributed by atoms with E-state index in [0.29, 0.717) is 4.90 Å². The largest absolute Gasteiger partial charge is 0.240 e. The number of halogens is 1. The Morgan fingerprint density at radius 2 is 1.95 bits per heavy atom. The number of hydrogen-bond donors (Lipinski definition) is 1. The van der Waals surface area contributed by atoms with Gasteiger partial charge in [-0.2, -0.15) is 0 Å². The van der Waals surface area contributed by atoms with E-state index in [1.54, 1.807) is 12.1 Å². The van der Waals surface area contributed by atoms with Crippen molar-refractivity contribution in [2.75, 3.05) is 0 Å². The van der Waals surface area contributed by atoms with Crippen molar-refractivity contribution < 1.29 is 8.42 Å². The molecule has 0 spiro atoms. The van der Waals surface area contributed by atoms with Crippen molar-refractivity contribution in [3.63, 3.8) is 0 Å². The lowest BCUT2D eigenvalue weighted by atomic mass is 9.92. The Morgan fingerprint density at radius 1 is 1.32 bits per heavy atom. The van der Waals surface area contributed by atoms with E-state index in [1.807, 2.05) is 12.1 Å². The van der Waals surface area contributed by atoms with Crippen LogP contribution in [0.15, 0.2) is 29.2 Å². The first-order valence-electron chi connectivity index (χ1n) is 6.50. The molecule has 19 heavy (non-hydrogen) atoms. The smallest absolute Gasteiger partial charge is 0.208 e. The van der Waals surface area contributed by atoms with E-state index in [2.05, 4.69) is 34.5 Å². The van der Waals surface area contributed by atoms with Gasteiger partial charge >= 0.3 is 0 Å². The van der Waals surface area contributed by atoms with Gasteiger partial charge in [-0.05, 0) is 42.4 Å². The van der Waals surface area contributed by atoms with Gasteiger partial charge < -0.3 is 0 Å². The molecule has 0 aromatic heterocycles. The zero-order chi connectivity index (χ0) is 14.1. The van der Waals surface area contributed by atoms with E-state index in [0.717, 1.165) is 30.2 Å². The Kier molecular flexibility index (Phi) is 4.38. The first-order valence-corrected chi connectivity index (χ1v) is 9.10. The summed E-state index contributed by atoms with van der Waals surface area (Å²) in [7, 11) is -3.38. The predicted octanol–water partition coefficient (Wildman–Crippen LogP) is 3.44. The highest BCUT2D eigenvalue weighted by atomic mass is 79.9. The number of rotatable bonds is 4. The molecule has 1 saturated carbocycles. The van der Waals surface area contributed by atoms with Crippen LogP contribution in [0.2, 0.25) is 0 Å². The average molecular weight is 346 g/mol. The molecule has 1 atom stereocenters. The lowest BCUT2D eigenvalue weighted by Crippen LogP contribution is -2.33. The first-order chi connectivity index (χ1) is 8.82. The third kappa shape index (κ3) is 3.80. The van der Waals surface area contributed by atoms with Gasteiger partial charge in [-0.3, -0.25) is 0 Å². The Hall–Kier alpha value is -0.390. The van der Waals surface area contributed by atoms with Crippen molar-refractivity contribution in [1.29, 1.82) is 0 Å². The van der Waals surface area contributed by atoms with Crippen LogP contribution in [0.5, 0.6) is 0 Å². The van der Waals surface area contributed by atoms with Gasteiger partial charge in [0.05, 0.1) is 4.90 Å². The highest BCUT2D eigenvalue weighted by Gasteiger charge is 2.33. The monoisotopic (exact) mass is 345 g/mol. The normalized spacial score (nSPS) is 22.6. The number of nitrogens with one attached hydrogen (secondary N) is 1. The lowest BCUT2D eigenvalue weighted by molar-refractivity contribution is 0.372. The molecule has 5 heteroatoms. The fourth-order valence-electron chi connectivity index (χ4n) is 2.58. The fourth-order valence-corrected chi connectivity index (χ4v) is 4.23. The molecule has 0 radical (unpaired) electrons. The summed E-state index contributed by atoms with van der Waals surface area (Å²) in [5, 5.41) is 0.734. The molecule has 0 aliphatic heterocycles. The second-order valence-corrected chi connectivity index (χ2v) is 8.28. The summed E-state index contributed by atoms with van der Waals surface area (Å²) in [6, 6.07) is 7.07. The molecule has 1 aliphatic carbocycles. The van der Waals surface area contributed by atoms with Crippen molar-refractivity contribution in [2.45, 2.75) is 49.4 Å². The summed E-state index contributed by atoms with van der Waals surface area (Å²) < 4.78 is 27.4. The van der Waals surface area contributed by atoms with E-state index in [4.69, 9.17) is 0 Å². The van der Waals surface area contributed by atoms with Gasteiger partial charge in [0.2, 0.25) is 10.0 Å². The summed E-state index contributed by atoms with van der Waals surface area (Å²) in [5.74, 6) is 0. The van der Waals surface area contributed by atoms with Gasteiger partial charge in [0.25, 0.3) is 0 Å². The van der Waals surface area contributed by atoms with E-state index in [1.165, 1.54) is 0 Å². The quantitative estimate of drug-likeness (QED) is 0.849. The second-order valence-electron chi connectivity index (χ2n) is 6.00. The average Bonchev–Trinajstić information content (AvgIpc) is 2.68. The molecule has 1 N–H and O–H groups in total. The summed E-state index contributed by atoms with van der Waals surface area (Å²) in [4.78, 5) is 0.349. The predicted molar refractivity (Wildman–Crippen MR) is 80.8 cm³/mol. The minimum Gasteiger partial charge on any atom is -0.208 e. The van der Waals surface area contributed by atoms with Crippen LogP contribution in [0.1, 0.15) is 38.7 Å². The molecule has 0 heterocycles. The van der Waals surface area contributed by atoms with E-state index < -0.39 is 10.0 Å². The zero-order valence-corrected chi connectivity index (χ0v) is 13.7. The van der Waals surface area contributed by atoms with Crippen molar-refractivity contribution in [3.05, 3.63) is 29.8 Å². The third-order valence-electron chi connectivity index (χ3n) is 3.68. The lowest BCUT2D eigenvalue weighted by Gasteiger charge is -2.18. The molecule has 1 aliphatic rings. The Morgan fingerprint density at radius 3 is 2.42 bits per heavy atom. The summed E-state index contributed by atoms with van der Waals surface area (Å²) in [6.45, 7) is 4.37. The van der Waals surface area contributed by atoms with E-state index in [-0.39, 0.29) is 11.5 Å². The highest BCUT2D eigenvalue weighted by Crippen LogP contribution is 2.37. The van der Waals surface area contributed by atoms with Crippen LogP contribution in [-0.2, 0) is 15.4 Å². The molecule has 1 aromatic carbocycles. The molecule has 3 nitrogen and oxygen atoms in total. The molecule has 0 saturated heterocycles. The molecular weight excluding hydrogens is 326 g/mol. The molecule has 0 amide bonds. The summed E-state index contributed by atoms with van der Waals surface area (Å²) in [5.41, 5.74) is 1.31. The number of benzene rings is 1. The molecule has 2 rings (SSSR count). The minimum atomic E-state index is -3.38. The standard InChI is InChI=1S/C14H20BrNO2S/c1-14(2)8-7-12(9-14)16-19(17,18)13-5-3-11(10-15)4-6-13/h3-6,12,16H,7-10H2,1-2H3. The number of sulfonamides is 1. The zero-order valence-electron chi connectivity index (χ0n) is 11.3. The van der Waals surface area contributed by atoms with E-state index >= 15 is 0 Å². The van der Waals surface area contributed by atoms with Crippen LogP contribution in [0.25, 0.3) is 0 Å². The summed E-state index contributed by atoms with van der Waals surface area (Å²) >= 11 is 3.35. The van der Waals surface area contributed by atoms with E-state index in [9.17, 15) is 8.42 Å². The van der Waals surface area contributed by atoms with Gasteiger partial charge in [-0.1, -0.05) is 41.9 Å². The van der Waals surface area contributed by atoms with Crippen molar-refractivity contribution in [1.82, 2.24) is 4.72 Å². The maximum Gasteiger partial charge on any atom is 0.240 e. The third-order valence-corrected chi connectivity index (χ3v) is 5.86. The fraction of sp³-hybridized carbons (Fsp3) is 0.571. The molecule has 1 aromatic rings. The van der Waals surface area contributed by atoms with Crippen LogP contribution < -0.4 is 4.72 Å². The maximum atomic E-state index is 12.3. The molecular formula is C14H20BrNO2S. The molecule has 0 bridgehead atoms. The topological polar surface area (TPSA) is 46.2 Å². The van der Waals surface area contributed by atoms with Crippen molar-refractivity contribution >= 4 is 26.0 Å². The van der Waals surface area contributed by atoms with Crippen molar-refractivity contribution in [2.24, 2.45) is 5.41 Å². The van der Waals surface area contributed by atoms with Gasteiger partial charge in [0, 0.05) is 11.4 Å². The summed E-state index contributed by atoms with van der Waals surface area (Å²) in [6.07, 6.45) is 2.90. The molecule has 106 valence electrons. The molecule has 1 fully saturated rings. The van der Waals surface area contributed by atoms with Crippen LogP contribution in [0.3, 0.4) is 0 Å². The Bertz CT molecular complexity index is 537. The number of alkyl halides is 1. The van der Waals surface area contributed by atoms with Crippen LogP contribution in [0.4, 0.5) is 0 Å². The van der Waals surface area contributed by atoms with Crippen LogP contribution in [-0.4, -0.2) is 14.5 Å². The second kappa shape index (κ2) is 5.54. The highest BCUT2D eigenvalue weighted by molar-refractivity contribution is 9.08. The van der Waals surface area contributed by atoms with Gasteiger partial charge in [0.1, 0.15) is 0 Å². The van der Waals surface area contributed by atoms with Gasteiger partial charge in [-0.15, -0.1) is 0 Å². The van der Waals surface area contributed by atoms with Gasteiger partial charge in [0.15, 0.2) is 0 Å². The number of hydrogen-bond acceptors (Lipinski definition) is 2. The maximum absolute atomic E-state index is 12.3. The SMILES string of the molecule is CC1(C)CCC(NS(=O)(=O)c2ccc(CBr)cc2)C1. The first kappa shape index (κ1) is 15.0. The molecule has 1 unspecified atom stereocenters. The minimum absolute atomic E-state index is 0.0656. The Balaban J connectivity index is 2.10. The van der Waals surface area contributed by atoms with Crippen molar-refractivity contribution in [3.8, 4) is 0 Å².